The molecule has 2 aliphatic heterocycles. The van der Waals surface area contributed by atoms with Gasteiger partial charge < -0.3 is 19.4 Å². The number of amides is 1. The van der Waals surface area contributed by atoms with Crippen molar-refractivity contribution < 1.29 is 27.8 Å². The van der Waals surface area contributed by atoms with E-state index in [0.717, 1.165) is 23.1 Å². The second-order valence-corrected chi connectivity index (χ2v) is 8.92. The average molecular weight is 467 g/mol. The van der Waals surface area contributed by atoms with Crippen LogP contribution < -0.4 is 0 Å². The highest BCUT2D eigenvalue weighted by Crippen LogP contribution is 2.44. The second-order valence-electron chi connectivity index (χ2n) is 8.92. The van der Waals surface area contributed by atoms with Crippen LogP contribution in [0.15, 0.2) is 42.7 Å². The molecule has 2 aliphatic rings. The van der Waals surface area contributed by atoms with Gasteiger partial charge in [0, 0.05) is 41.9 Å². The summed E-state index contributed by atoms with van der Waals surface area (Å²) < 4.78 is 38.7. The molecule has 1 aromatic carbocycles. The van der Waals surface area contributed by atoms with Gasteiger partial charge in [0.05, 0.1) is 24.0 Å². The molecular weight excluding hydrogens is 444 g/mol. The number of carbonyl (C=O) groups excluding carboxylic acids is 2. The number of nitrogens with one attached hydrogen (secondary N) is 1. The van der Waals surface area contributed by atoms with E-state index in [9.17, 15) is 18.4 Å². The quantitative estimate of drug-likeness (QED) is 0.590. The summed E-state index contributed by atoms with van der Waals surface area (Å²) in [6.45, 7) is 4.45. The Morgan fingerprint density at radius 2 is 2.06 bits per heavy atom. The second kappa shape index (κ2) is 8.32. The van der Waals surface area contributed by atoms with E-state index >= 15 is 0 Å². The van der Waals surface area contributed by atoms with Gasteiger partial charge in [-0.25, -0.2) is 18.6 Å². The standard InChI is InChI=1S/C25H23F2N3O4/c1-14(2)34-24(32)17-11-30(23(31)15-5-6-18(26)19(27)10-15)12-25(7-9-33-13-25)20-16-4-3-8-28-22(16)29-21(17)20/h3-6,8,10-11,14H,7,9,12-13H2,1-2H3,(H,28,29). The van der Waals surface area contributed by atoms with Crippen LogP contribution in [0.2, 0.25) is 0 Å². The highest BCUT2D eigenvalue weighted by molar-refractivity contribution is 6.18. The predicted molar refractivity (Wildman–Crippen MR) is 120 cm³/mol. The van der Waals surface area contributed by atoms with Crippen molar-refractivity contribution in [3.05, 3.63) is 71.2 Å². The SMILES string of the molecule is CC(C)OC(=O)C1=CN(C(=O)c2ccc(F)c(F)c2)CC2(CCOC2)c2c1[nH]c1ncccc21. The lowest BCUT2D eigenvalue weighted by Crippen LogP contribution is -2.41. The number of rotatable bonds is 3. The number of carbonyl (C=O) groups is 2. The summed E-state index contributed by atoms with van der Waals surface area (Å²) in [5, 5.41) is 0.827. The smallest absolute Gasteiger partial charge is 0.342 e. The molecule has 7 nitrogen and oxygen atoms in total. The van der Waals surface area contributed by atoms with Crippen LogP contribution in [-0.4, -0.2) is 52.6 Å². The number of benzene rings is 1. The topological polar surface area (TPSA) is 84.5 Å². The Morgan fingerprint density at radius 1 is 1.24 bits per heavy atom. The van der Waals surface area contributed by atoms with Gasteiger partial charge in [-0.05, 0) is 56.2 Å². The molecule has 1 amide bonds. The minimum Gasteiger partial charge on any atom is -0.459 e. The molecule has 1 unspecified atom stereocenters. The lowest BCUT2D eigenvalue weighted by atomic mass is 9.77. The van der Waals surface area contributed by atoms with E-state index in [4.69, 9.17) is 9.47 Å². The number of pyridine rings is 1. The number of aromatic amines is 1. The van der Waals surface area contributed by atoms with Gasteiger partial charge in [-0.15, -0.1) is 0 Å². The lowest BCUT2D eigenvalue weighted by molar-refractivity contribution is -0.140. The molecule has 1 saturated heterocycles. The minimum absolute atomic E-state index is 0.0297. The molecule has 1 atom stereocenters. The van der Waals surface area contributed by atoms with Gasteiger partial charge in [0.2, 0.25) is 0 Å². The number of esters is 1. The zero-order valence-corrected chi connectivity index (χ0v) is 18.7. The van der Waals surface area contributed by atoms with E-state index in [0.29, 0.717) is 31.0 Å². The van der Waals surface area contributed by atoms with Gasteiger partial charge in [0.15, 0.2) is 11.6 Å². The van der Waals surface area contributed by atoms with Crippen LogP contribution >= 0.6 is 0 Å². The molecule has 176 valence electrons. The summed E-state index contributed by atoms with van der Waals surface area (Å²) in [6, 6.07) is 6.72. The number of fused-ring (bicyclic) bond motifs is 4. The van der Waals surface area contributed by atoms with Crippen molar-refractivity contribution in [2.45, 2.75) is 31.8 Å². The number of aromatic nitrogens is 2. The molecule has 0 bridgehead atoms. The first-order chi connectivity index (χ1) is 16.3. The largest absolute Gasteiger partial charge is 0.459 e. The fourth-order valence-corrected chi connectivity index (χ4v) is 4.73. The van der Waals surface area contributed by atoms with Gasteiger partial charge in [0.1, 0.15) is 5.65 Å². The zero-order chi connectivity index (χ0) is 24.0. The van der Waals surface area contributed by atoms with E-state index < -0.39 is 28.9 Å². The van der Waals surface area contributed by atoms with Gasteiger partial charge in [-0.1, -0.05) is 0 Å². The number of ether oxygens (including phenoxy) is 2. The Bertz CT molecular complexity index is 1320. The number of halogens is 2. The van der Waals surface area contributed by atoms with Gasteiger partial charge >= 0.3 is 5.97 Å². The molecule has 4 heterocycles. The number of nitrogens with zero attached hydrogens (tertiary/aromatic N) is 2. The normalized spacial score (nSPS) is 19.9. The number of H-pyrrole nitrogens is 1. The maximum absolute atomic E-state index is 13.9. The summed E-state index contributed by atoms with van der Waals surface area (Å²) in [5.74, 6) is -3.33. The summed E-state index contributed by atoms with van der Waals surface area (Å²) in [6.07, 6.45) is 3.30. The predicted octanol–water partition coefficient (Wildman–Crippen LogP) is 3.95. The van der Waals surface area contributed by atoms with Crippen LogP contribution in [0.1, 0.15) is 41.9 Å². The van der Waals surface area contributed by atoms with Gasteiger partial charge in [0.25, 0.3) is 5.91 Å². The van der Waals surface area contributed by atoms with Crippen molar-refractivity contribution >= 4 is 28.5 Å². The van der Waals surface area contributed by atoms with Crippen molar-refractivity contribution in [2.75, 3.05) is 19.8 Å². The first-order valence-corrected chi connectivity index (χ1v) is 11.0. The summed E-state index contributed by atoms with van der Waals surface area (Å²) in [5.41, 5.74) is 1.45. The van der Waals surface area contributed by atoms with Crippen LogP contribution in [0.25, 0.3) is 16.6 Å². The van der Waals surface area contributed by atoms with Gasteiger partial charge in [-0.2, -0.15) is 0 Å². The van der Waals surface area contributed by atoms with Crippen LogP contribution in [0.3, 0.4) is 0 Å². The monoisotopic (exact) mass is 467 g/mol. The first kappa shape index (κ1) is 22.2. The minimum atomic E-state index is -1.12. The van der Waals surface area contributed by atoms with Crippen molar-refractivity contribution in [3.63, 3.8) is 0 Å². The maximum Gasteiger partial charge on any atom is 0.342 e. The highest BCUT2D eigenvalue weighted by atomic mass is 19.2. The molecule has 1 N–H and O–H groups in total. The molecule has 1 spiro atoms. The molecule has 1 fully saturated rings. The molecule has 0 saturated carbocycles. The van der Waals surface area contributed by atoms with E-state index in [1.54, 1.807) is 20.0 Å². The molecule has 0 radical (unpaired) electrons. The molecular formula is C25H23F2N3O4. The Kier molecular flexibility index (Phi) is 5.44. The summed E-state index contributed by atoms with van der Waals surface area (Å²) in [4.78, 5) is 35.7. The highest BCUT2D eigenvalue weighted by Gasteiger charge is 2.46. The zero-order valence-electron chi connectivity index (χ0n) is 18.7. The van der Waals surface area contributed by atoms with Crippen molar-refractivity contribution in [3.8, 4) is 0 Å². The fraction of sp³-hybridized carbons (Fsp3) is 0.320. The van der Waals surface area contributed by atoms with Crippen LogP contribution in [0, 0.1) is 11.6 Å². The van der Waals surface area contributed by atoms with Crippen LogP contribution in [-0.2, 0) is 19.7 Å². The van der Waals surface area contributed by atoms with Crippen molar-refractivity contribution in [1.82, 2.24) is 14.9 Å². The van der Waals surface area contributed by atoms with E-state index in [1.807, 2.05) is 12.1 Å². The van der Waals surface area contributed by atoms with Crippen molar-refractivity contribution in [2.24, 2.45) is 0 Å². The Morgan fingerprint density at radius 3 is 2.76 bits per heavy atom. The lowest BCUT2D eigenvalue weighted by Gasteiger charge is -2.31. The maximum atomic E-state index is 13.9. The number of hydrogen-bond donors (Lipinski definition) is 1. The average Bonchev–Trinajstić information content (AvgIpc) is 3.39. The third kappa shape index (κ3) is 3.66. The summed E-state index contributed by atoms with van der Waals surface area (Å²) in [7, 11) is 0. The molecule has 3 aromatic rings. The van der Waals surface area contributed by atoms with Crippen molar-refractivity contribution in [1.29, 1.82) is 0 Å². The Balaban J connectivity index is 1.70. The first-order valence-electron chi connectivity index (χ1n) is 11.0. The van der Waals surface area contributed by atoms with E-state index in [1.165, 1.54) is 17.2 Å². The van der Waals surface area contributed by atoms with E-state index in [2.05, 4.69) is 9.97 Å². The Labute approximate surface area is 194 Å². The van der Waals surface area contributed by atoms with Crippen LogP contribution in [0.5, 0.6) is 0 Å². The van der Waals surface area contributed by atoms with Crippen LogP contribution in [0.4, 0.5) is 8.78 Å². The third-order valence-electron chi connectivity index (χ3n) is 6.22. The summed E-state index contributed by atoms with van der Waals surface area (Å²) >= 11 is 0. The van der Waals surface area contributed by atoms with Gasteiger partial charge in [-0.3, -0.25) is 4.79 Å². The molecule has 34 heavy (non-hydrogen) atoms. The number of hydrogen-bond acceptors (Lipinski definition) is 5. The van der Waals surface area contributed by atoms with E-state index in [-0.39, 0.29) is 23.8 Å². The fourth-order valence-electron chi connectivity index (χ4n) is 4.73. The molecule has 2 aromatic heterocycles. The molecule has 0 aliphatic carbocycles. The Hall–Kier alpha value is -3.59. The third-order valence-corrected chi connectivity index (χ3v) is 6.22. The molecule has 9 heteroatoms. The molecule has 5 rings (SSSR count).